The number of nitrogens with one attached hydrogen (secondary N) is 1. The Bertz CT molecular complexity index is 1320. The molecule has 2 amide bonds. The summed E-state index contributed by atoms with van der Waals surface area (Å²) in [7, 11) is 0. The number of rotatable bonds is 5. The molecule has 35 heavy (non-hydrogen) atoms. The van der Waals surface area contributed by atoms with Crippen molar-refractivity contribution in [1.29, 1.82) is 0 Å². The van der Waals surface area contributed by atoms with E-state index in [-0.39, 0.29) is 24.3 Å². The number of thioether (sulfide) groups is 1. The molecule has 0 bridgehead atoms. The Morgan fingerprint density at radius 2 is 1.86 bits per heavy atom. The third-order valence-corrected chi connectivity index (χ3v) is 7.03. The fourth-order valence-electron chi connectivity index (χ4n) is 4.09. The largest absolute Gasteiger partial charge is 0.326 e. The maximum absolute atomic E-state index is 13.4. The van der Waals surface area contributed by atoms with Crippen LogP contribution in [0.4, 0.5) is 10.1 Å². The van der Waals surface area contributed by atoms with Gasteiger partial charge in [0.1, 0.15) is 11.1 Å². The summed E-state index contributed by atoms with van der Waals surface area (Å²) in [6, 6.07) is 23.7. The number of hydrogen-bond acceptors (Lipinski definition) is 5. The van der Waals surface area contributed by atoms with Gasteiger partial charge in [0, 0.05) is 18.5 Å². The van der Waals surface area contributed by atoms with Crippen LogP contribution < -0.4 is 5.32 Å². The van der Waals surface area contributed by atoms with Gasteiger partial charge in [-0.1, -0.05) is 78.0 Å². The van der Waals surface area contributed by atoms with Crippen molar-refractivity contribution < 1.29 is 14.0 Å². The number of anilines is 1. The summed E-state index contributed by atoms with van der Waals surface area (Å²) in [6.07, 6.45) is 0.608. The molecule has 2 aliphatic rings. The van der Waals surface area contributed by atoms with E-state index in [1.165, 1.54) is 30.0 Å². The van der Waals surface area contributed by atoms with Gasteiger partial charge in [-0.3, -0.25) is 9.59 Å². The molecular formula is C27H23FN4O2S. The van der Waals surface area contributed by atoms with Crippen LogP contribution in [0.5, 0.6) is 0 Å². The van der Waals surface area contributed by atoms with Crippen LogP contribution in [0, 0.1) is 12.7 Å². The highest BCUT2D eigenvalue weighted by Gasteiger charge is 2.39. The lowest BCUT2D eigenvalue weighted by Gasteiger charge is -2.23. The predicted molar refractivity (Wildman–Crippen MR) is 137 cm³/mol. The summed E-state index contributed by atoms with van der Waals surface area (Å²) in [5.74, 6) is -1.18. The Balaban J connectivity index is 1.34. The van der Waals surface area contributed by atoms with Gasteiger partial charge in [0.25, 0.3) is 5.91 Å². The van der Waals surface area contributed by atoms with Crippen molar-refractivity contribution in [1.82, 2.24) is 5.01 Å². The van der Waals surface area contributed by atoms with Gasteiger partial charge in [0.2, 0.25) is 5.91 Å². The molecule has 5 rings (SSSR count). The summed E-state index contributed by atoms with van der Waals surface area (Å²) in [6.45, 7) is 2.04. The molecule has 3 aromatic rings. The minimum Gasteiger partial charge on any atom is -0.326 e. The fourth-order valence-corrected chi connectivity index (χ4v) is 5.15. The van der Waals surface area contributed by atoms with Crippen molar-refractivity contribution >= 4 is 40.1 Å². The lowest BCUT2D eigenvalue weighted by Crippen LogP contribution is -2.25. The monoisotopic (exact) mass is 486 g/mol. The van der Waals surface area contributed by atoms with Gasteiger partial charge in [-0.05, 0) is 36.2 Å². The highest BCUT2D eigenvalue weighted by atomic mass is 32.2. The second kappa shape index (κ2) is 9.84. The van der Waals surface area contributed by atoms with Crippen LogP contribution in [0.15, 0.2) is 89.0 Å². The highest BCUT2D eigenvalue weighted by molar-refractivity contribution is 8.15. The molecule has 6 nitrogen and oxygen atoms in total. The van der Waals surface area contributed by atoms with Crippen molar-refractivity contribution in [3.63, 3.8) is 0 Å². The first kappa shape index (κ1) is 23.0. The molecule has 0 fully saturated rings. The van der Waals surface area contributed by atoms with Gasteiger partial charge in [-0.25, -0.2) is 9.40 Å². The molecule has 0 aliphatic carbocycles. The molecule has 8 heteroatoms. The summed E-state index contributed by atoms with van der Waals surface area (Å²) in [4.78, 5) is 29.5. The van der Waals surface area contributed by atoms with E-state index in [0.717, 1.165) is 22.4 Å². The lowest BCUT2D eigenvalue weighted by atomic mass is 9.98. The number of nitrogens with zero attached hydrogens (tertiary/aromatic N) is 3. The van der Waals surface area contributed by atoms with Gasteiger partial charge >= 0.3 is 0 Å². The number of hydrogen-bond donors (Lipinski definition) is 1. The van der Waals surface area contributed by atoms with E-state index >= 15 is 0 Å². The average Bonchev–Trinajstić information content (AvgIpc) is 3.44. The summed E-state index contributed by atoms with van der Waals surface area (Å²) in [5.41, 5.74) is 4.53. The zero-order chi connectivity index (χ0) is 24.4. The molecular weight excluding hydrogens is 463 g/mol. The van der Waals surface area contributed by atoms with Crippen LogP contribution in [0.2, 0.25) is 0 Å². The number of benzene rings is 3. The quantitative estimate of drug-likeness (QED) is 0.530. The van der Waals surface area contributed by atoms with E-state index < -0.39 is 11.1 Å². The van der Waals surface area contributed by atoms with Crippen LogP contribution in [-0.4, -0.2) is 33.0 Å². The van der Waals surface area contributed by atoms with Gasteiger partial charge in [0.05, 0.1) is 11.8 Å². The van der Waals surface area contributed by atoms with E-state index in [1.54, 1.807) is 11.1 Å². The molecule has 0 radical (unpaired) electrons. The fraction of sp³-hybridized carbons (Fsp3) is 0.185. The van der Waals surface area contributed by atoms with Crippen LogP contribution in [0.25, 0.3) is 0 Å². The normalized spacial score (nSPS) is 19.5. The van der Waals surface area contributed by atoms with E-state index in [4.69, 9.17) is 5.10 Å². The molecule has 0 aromatic heterocycles. The number of hydrazone groups is 1. The van der Waals surface area contributed by atoms with Crippen molar-refractivity contribution in [2.24, 2.45) is 10.1 Å². The third-order valence-electron chi connectivity index (χ3n) is 5.88. The topological polar surface area (TPSA) is 74.1 Å². The molecule has 176 valence electrons. The molecule has 2 aliphatic heterocycles. The van der Waals surface area contributed by atoms with E-state index in [9.17, 15) is 14.0 Å². The predicted octanol–water partition coefficient (Wildman–Crippen LogP) is 5.31. The van der Waals surface area contributed by atoms with Crippen LogP contribution in [0.1, 0.15) is 35.6 Å². The van der Waals surface area contributed by atoms with Crippen LogP contribution in [0.3, 0.4) is 0 Å². The molecule has 2 atom stereocenters. The molecule has 0 unspecified atom stereocenters. The van der Waals surface area contributed by atoms with Crippen LogP contribution >= 0.6 is 11.8 Å². The molecule has 0 saturated carbocycles. The Hall–Kier alpha value is -3.78. The first-order valence-electron chi connectivity index (χ1n) is 11.3. The zero-order valence-electron chi connectivity index (χ0n) is 19.0. The van der Waals surface area contributed by atoms with Crippen molar-refractivity contribution in [2.45, 2.75) is 31.1 Å². The zero-order valence-corrected chi connectivity index (χ0v) is 19.8. The molecule has 0 saturated heterocycles. The highest BCUT2D eigenvalue weighted by Crippen LogP contribution is 2.38. The number of aryl methyl sites for hydroxylation is 1. The van der Waals surface area contributed by atoms with Crippen LogP contribution in [-0.2, 0) is 9.59 Å². The molecule has 1 N–H and O–H groups in total. The Morgan fingerprint density at radius 1 is 1.09 bits per heavy atom. The van der Waals surface area contributed by atoms with E-state index in [2.05, 4.69) is 34.6 Å². The molecule has 3 aromatic carbocycles. The summed E-state index contributed by atoms with van der Waals surface area (Å²) >= 11 is 1.24. The van der Waals surface area contributed by atoms with Crippen molar-refractivity contribution in [2.75, 3.05) is 5.32 Å². The van der Waals surface area contributed by atoms with Gasteiger partial charge in [-0.2, -0.15) is 10.1 Å². The van der Waals surface area contributed by atoms with Crippen molar-refractivity contribution in [3.05, 3.63) is 101 Å². The van der Waals surface area contributed by atoms with Crippen molar-refractivity contribution in [3.8, 4) is 0 Å². The number of halogens is 1. The number of carbonyl (C=O) groups is 2. The average molecular weight is 487 g/mol. The summed E-state index contributed by atoms with van der Waals surface area (Å²) < 4.78 is 13.4. The standard InChI is InChI=1S/C27H23FN4O2S/c1-17-10-12-19(13-11-17)23-15-22(18-6-3-2-4-7-18)31-32(23)27-30-26(34)24(35-27)16-25(33)29-21-9-5-8-20(28)14-21/h2-14,23-24H,15-16H2,1H3,(H,29,33)/t23-,24+/m0/s1. The third kappa shape index (κ3) is 5.17. The SMILES string of the molecule is Cc1ccc([C@@H]2CC(c3ccccc3)=NN2C2=NC(=O)[C@@H](CC(=O)Nc3cccc(F)c3)S2)cc1. The maximum atomic E-state index is 13.4. The second-order valence-electron chi connectivity index (χ2n) is 8.49. The van der Waals surface area contributed by atoms with E-state index in [0.29, 0.717) is 17.3 Å². The van der Waals surface area contributed by atoms with Gasteiger partial charge in [-0.15, -0.1) is 0 Å². The molecule has 2 heterocycles. The lowest BCUT2D eigenvalue weighted by molar-refractivity contribution is -0.121. The Morgan fingerprint density at radius 3 is 2.60 bits per heavy atom. The van der Waals surface area contributed by atoms with E-state index in [1.807, 2.05) is 37.3 Å². The first-order valence-corrected chi connectivity index (χ1v) is 12.2. The van der Waals surface area contributed by atoms with Gasteiger partial charge in [0.15, 0.2) is 5.17 Å². The second-order valence-corrected chi connectivity index (χ2v) is 9.66. The number of carbonyl (C=O) groups excluding carboxylic acids is 2. The smallest absolute Gasteiger partial charge is 0.262 e. The minimum absolute atomic E-state index is 0.0642. The number of aliphatic imine (C=N–C) groups is 1. The van der Waals surface area contributed by atoms with Gasteiger partial charge < -0.3 is 5.32 Å². The number of amides is 2. The first-order chi connectivity index (χ1) is 17.0. The molecule has 0 spiro atoms. The summed E-state index contributed by atoms with van der Waals surface area (Å²) in [5, 5.41) is 9.12. The Kier molecular flexibility index (Phi) is 6.46. The maximum Gasteiger partial charge on any atom is 0.262 e. The Labute approximate surface area is 207 Å². The minimum atomic E-state index is -0.659. The number of amidine groups is 1.